The lowest BCUT2D eigenvalue weighted by molar-refractivity contribution is 0.673. The van der Waals surface area contributed by atoms with Crippen molar-refractivity contribution in [2.75, 3.05) is 0 Å². The molecule has 10 rings (SSSR count). The Balaban J connectivity index is 1.32. The fourth-order valence-electron chi connectivity index (χ4n) is 7.80. The normalized spacial score (nSPS) is 12.2. The number of benzene rings is 9. The molecule has 228 valence electrons. The molecule has 49 heavy (non-hydrogen) atoms. The minimum Gasteiger partial charge on any atom is -0.455 e. The minimum absolute atomic E-state index is 0.488. The first-order valence-electron chi connectivity index (χ1n) is 17.7. The summed E-state index contributed by atoms with van der Waals surface area (Å²) in [5.74, 6) is 0. The Morgan fingerprint density at radius 3 is 1.63 bits per heavy atom. The van der Waals surface area contributed by atoms with Crippen LogP contribution < -0.4 is 0 Å². The maximum atomic E-state index is 8.17. The van der Waals surface area contributed by atoms with E-state index in [-0.39, 0.29) is 0 Å². The van der Waals surface area contributed by atoms with Gasteiger partial charge in [0.2, 0.25) is 0 Å². The van der Waals surface area contributed by atoms with Gasteiger partial charge in [-0.2, -0.15) is 0 Å². The quantitative estimate of drug-likeness (QED) is 0.178. The van der Waals surface area contributed by atoms with Gasteiger partial charge >= 0.3 is 0 Å². The van der Waals surface area contributed by atoms with E-state index in [4.69, 9.17) is 7.16 Å². The highest BCUT2D eigenvalue weighted by Crippen LogP contribution is 2.49. The third-order valence-corrected chi connectivity index (χ3v) is 9.96. The van der Waals surface area contributed by atoms with Crippen LogP contribution >= 0.6 is 0 Å². The predicted octanol–water partition coefficient (Wildman–Crippen LogP) is 13.7. The zero-order valence-corrected chi connectivity index (χ0v) is 26.6. The van der Waals surface area contributed by atoms with E-state index >= 15 is 0 Å². The van der Waals surface area contributed by atoms with Gasteiger partial charge in [-0.1, -0.05) is 164 Å². The van der Waals surface area contributed by atoms with Crippen molar-refractivity contribution in [3.8, 4) is 44.5 Å². The molecule has 0 bridgehead atoms. The van der Waals surface area contributed by atoms with Crippen LogP contribution in [0, 0.1) is 0 Å². The minimum atomic E-state index is 0.488. The second-order valence-corrected chi connectivity index (χ2v) is 12.6. The largest absolute Gasteiger partial charge is 0.455 e. The predicted molar refractivity (Wildman–Crippen MR) is 208 cm³/mol. The lowest BCUT2D eigenvalue weighted by atomic mass is 9.82. The second kappa shape index (κ2) is 11.1. The Kier molecular flexibility index (Phi) is 5.79. The van der Waals surface area contributed by atoms with E-state index in [1.165, 1.54) is 32.7 Å². The molecule has 9 aromatic carbocycles. The summed E-state index contributed by atoms with van der Waals surface area (Å²) in [4.78, 5) is 0. The van der Waals surface area contributed by atoms with Crippen molar-refractivity contribution >= 4 is 54.3 Å². The third kappa shape index (κ3) is 4.33. The van der Waals surface area contributed by atoms with Crippen LogP contribution in [0.15, 0.2) is 186 Å². The van der Waals surface area contributed by atoms with E-state index in [1.807, 2.05) is 48.5 Å². The molecule has 0 spiro atoms. The molecule has 1 nitrogen and oxygen atoms in total. The van der Waals surface area contributed by atoms with E-state index in [9.17, 15) is 0 Å². The van der Waals surface area contributed by atoms with Crippen LogP contribution in [0.2, 0.25) is 0 Å². The first-order valence-corrected chi connectivity index (χ1v) is 16.7. The van der Waals surface area contributed by atoms with Gasteiger partial charge in [-0.25, -0.2) is 0 Å². The number of hydrogen-bond donors (Lipinski definition) is 0. The average molecular weight is 625 g/mol. The molecule has 0 amide bonds. The first kappa shape index (κ1) is 25.6. The monoisotopic (exact) mass is 624 g/mol. The smallest absolute Gasteiger partial charge is 0.143 e. The number of furan rings is 1. The highest BCUT2D eigenvalue weighted by Gasteiger charge is 2.22. The van der Waals surface area contributed by atoms with Crippen LogP contribution in [0.1, 0.15) is 2.74 Å². The summed E-state index contributed by atoms with van der Waals surface area (Å²) < 4.78 is 22.9. The van der Waals surface area contributed by atoms with Crippen molar-refractivity contribution in [1.82, 2.24) is 0 Å². The van der Waals surface area contributed by atoms with E-state index in [1.54, 1.807) is 0 Å². The first-order chi connectivity index (χ1) is 25.1. The highest BCUT2D eigenvalue weighted by atomic mass is 16.3. The molecule has 0 N–H and O–H groups in total. The lowest BCUT2D eigenvalue weighted by Crippen LogP contribution is -1.94. The fraction of sp³-hybridized carbons (Fsp3) is 0. The van der Waals surface area contributed by atoms with Crippen molar-refractivity contribution in [2.45, 2.75) is 0 Å². The second-order valence-electron chi connectivity index (χ2n) is 12.6. The van der Waals surface area contributed by atoms with Gasteiger partial charge in [-0.05, 0) is 89.6 Å². The Morgan fingerprint density at radius 2 is 0.959 bits per heavy atom. The number of fused-ring (bicyclic) bond motifs is 7. The van der Waals surface area contributed by atoms with Crippen LogP contribution in [0.3, 0.4) is 0 Å². The molecule has 0 aliphatic rings. The van der Waals surface area contributed by atoms with Crippen LogP contribution in [0.4, 0.5) is 0 Å². The topological polar surface area (TPSA) is 13.1 Å². The summed E-state index contributed by atoms with van der Waals surface area (Å²) in [5, 5.41) is 9.19. The average Bonchev–Trinajstić information content (AvgIpc) is 3.57. The lowest BCUT2D eigenvalue weighted by Gasteiger charge is -2.21. The fourth-order valence-corrected chi connectivity index (χ4v) is 7.80. The van der Waals surface area contributed by atoms with Crippen molar-refractivity contribution in [2.24, 2.45) is 0 Å². The van der Waals surface area contributed by atoms with Crippen LogP contribution in [-0.4, -0.2) is 0 Å². The highest BCUT2D eigenvalue weighted by molar-refractivity contribution is 6.27. The van der Waals surface area contributed by atoms with Crippen LogP contribution in [-0.2, 0) is 0 Å². The zero-order chi connectivity index (χ0) is 34.1. The number of hydrogen-bond acceptors (Lipinski definition) is 1. The summed E-state index contributed by atoms with van der Waals surface area (Å²) >= 11 is 0. The molecule has 0 radical (unpaired) electrons. The van der Waals surface area contributed by atoms with Gasteiger partial charge in [0.25, 0.3) is 0 Å². The molecule has 0 unspecified atom stereocenters. The summed E-state index contributed by atoms with van der Waals surface area (Å²) in [5.41, 5.74) is 10.7. The van der Waals surface area contributed by atoms with Gasteiger partial charge in [0.05, 0.1) is 2.74 Å². The molecule has 0 saturated heterocycles. The Morgan fingerprint density at radius 1 is 0.367 bits per heavy atom. The molecule has 0 saturated carbocycles. The summed E-state index contributed by atoms with van der Waals surface area (Å²) in [6.45, 7) is 0. The third-order valence-electron chi connectivity index (χ3n) is 9.96. The van der Waals surface area contributed by atoms with E-state index < -0.39 is 0 Å². The Bertz CT molecular complexity index is 2910. The molecule has 10 aromatic rings. The molecule has 0 atom stereocenters. The van der Waals surface area contributed by atoms with E-state index in [0.29, 0.717) is 12.1 Å². The van der Waals surface area contributed by atoms with Crippen molar-refractivity contribution in [1.29, 1.82) is 0 Å². The van der Waals surface area contributed by atoms with Gasteiger partial charge < -0.3 is 4.42 Å². The summed E-state index contributed by atoms with van der Waals surface area (Å²) in [6.07, 6.45) is 0. The van der Waals surface area contributed by atoms with Crippen molar-refractivity contribution in [3.05, 3.63) is 182 Å². The molecular weight excluding hydrogens is 593 g/mol. The van der Waals surface area contributed by atoms with Crippen molar-refractivity contribution < 1.29 is 7.16 Å². The molecule has 1 heterocycles. The number of rotatable bonds is 4. The van der Waals surface area contributed by atoms with Gasteiger partial charge in [-0.3, -0.25) is 0 Å². The molecule has 0 aliphatic heterocycles. The molecule has 0 fully saturated rings. The summed E-state index contributed by atoms with van der Waals surface area (Å²) in [6, 6.07) is 60.0. The van der Waals surface area contributed by atoms with Gasteiger partial charge in [0, 0.05) is 16.2 Å². The van der Waals surface area contributed by atoms with Crippen LogP contribution in [0.25, 0.3) is 98.8 Å². The van der Waals surface area contributed by atoms with Gasteiger partial charge in [0.15, 0.2) is 0 Å². The van der Waals surface area contributed by atoms with Crippen LogP contribution in [0.5, 0.6) is 0 Å². The van der Waals surface area contributed by atoms with Crippen molar-refractivity contribution in [3.63, 3.8) is 0 Å². The van der Waals surface area contributed by atoms with E-state index in [2.05, 4.69) is 121 Å². The molecule has 1 heteroatoms. The molecule has 0 aliphatic carbocycles. The summed E-state index contributed by atoms with van der Waals surface area (Å²) in [7, 11) is 0. The van der Waals surface area contributed by atoms with E-state index in [0.717, 1.165) is 66.1 Å². The molecule has 1 aromatic heterocycles. The maximum absolute atomic E-state index is 8.17. The Hall–Kier alpha value is -6.44. The zero-order valence-electron chi connectivity index (χ0n) is 28.6. The molecular formula is C48H30O. The Labute approximate surface area is 287 Å². The maximum Gasteiger partial charge on any atom is 0.143 e. The van der Waals surface area contributed by atoms with Gasteiger partial charge in [-0.15, -0.1) is 0 Å². The SMILES string of the molecule is [2H]c1ccc(-c2ccc(-c3ccc([2H])cc3)c(-c3c4ccccc4c(-c4cccc5oc6c7ccccc7ccc6c45)c4ccccc34)c2)cc1. The standard InChI is InChI=1S/C48H30O/c1-3-14-31(15-4-1)34-27-28-35(32-16-5-2-6-17-32)43(30-34)46-39-22-11-9-20-37(39)45(38-21-10-12-23-40(38)46)41-24-13-25-44-47(41)42-29-26-33-18-7-8-19-36(33)48(42)49-44/h1-30H/i1D,2D. The van der Waals surface area contributed by atoms with Gasteiger partial charge in [0.1, 0.15) is 11.2 Å².